The summed E-state index contributed by atoms with van der Waals surface area (Å²) in [7, 11) is 0. The number of aromatic nitrogens is 3. The molecule has 2 atom stereocenters. The fourth-order valence-corrected chi connectivity index (χ4v) is 4.03. The van der Waals surface area contributed by atoms with Crippen LogP contribution in [0.1, 0.15) is 43.2 Å². The van der Waals surface area contributed by atoms with Crippen LogP contribution in [0.25, 0.3) is 0 Å². The summed E-state index contributed by atoms with van der Waals surface area (Å²) >= 11 is 5.60. The van der Waals surface area contributed by atoms with Gasteiger partial charge in [0.25, 0.3) is 0 Å². The molecule has 1 aliphatic carbocycles. The lowest BCUT2D eigenvalue weighted by molar-refractivity contribution is -0.00879. The van der Waals surface area contributed by atoms with E-state index in [9.17, 15) is 5.11 Å². The highest BCUT2D eigenvalue weighted by atomic mass is 32.1. The van der Waals surface area contributed by atoms with Gasteiger partial charge >= 0.3 is 0 Å². The van der Waals surface area contributed by atoms with Crippen LogP contribution in [-0.2, 0) is 13.3 Å². The molecule has 1 saturated heterocycles. The molecule has 6 heteroatoms. The second-order valence-electron chi connectivity index (χ2n) is 6.70. The van der Waals surface area contributed by atoms with E-state index < -0.39 is 0 Å². The number of likely N-dealkylation sites (tertiary alicyclic amines) is 1. The maximum Gasteiger partial charge on any atom is 0.199 e. The second-order valence-corrected chi connectivity index (χ2v) is 7.07. The summed E-state index contributed by atoms with van der Waals surface area (Å²) in [6.45, 7) is 3.97. The van der Waals surface area contributed by atoms with Crippen LogP contribution < -0.4 is 0 Å². The largest absolute Gasteiger partial charge is 0.388 e. The van der Waals surface area contributed by atoms with E-state index in [1.165, 1.54) is 5.56 Å². The summed E-state index contributed by atoms with van der Waals surface area (Å²) in [5.74, 6) is 1.33. The van der Waals surface area contributed by atoms with E-state index in [1.54, 1.807) is 0 Å². The first kappa shape index (κ1) is 15.1. The molecule has 1 aliphatic heterocycles. The minimum absolute atomic E-state index is 0.0499. The molecule has 2 fully saturated rings. The Morgan fingerprint density at radius 3 is 2.61 bits per heavy atom. The molecule has 0 amide bonds. The average Bonchev–Trinajstić information content (AvgIpc) is 3.33. The summed E-state index contributed by atoms with van der Waals surface area (Å²) in [5.41, 5.74) is 1.35. The molecule has 1 N–H and O–H groups in total. The summed E-state index contributed by atoms with van der Waals surface area (Å²) in [5, 5.41) is 14.1. The van der Waals surface area contributed by atoms with E-state index in [0.717, 1.165) is 24.2 Å². The minimum Gasteiger partial charge on any atom is -0.388 e. The van der Waals surface area contributed by atoms with Gasteiger partial charge < -0.3 is 5.11 Å². The second kappa shape index (κ2) is 5.85. The molecule has 2 aliphatic rings. The maximum absolute atomic E-state index is 9.55. The molecule has 0 bridgehead atoms. The van der Waals surface area contributed by atoms with Crippen molar-refractivity contribution in [2.45, 2.75) is 45.1 Å². The fourth-order valence-electron chi connectivity index (χ4n) is 3.68. The van der Waals surface area contributed by atoms with Gasteiger partial charge in [0.05, 0.1) is 6.67 Å². The van der Waals surface area contributed by atoms with Gasteiger partial charge in [-0.25, -0.2) is 4.68 Å². The Labute approximate surface area is 141 Å². The van der Waals surface area contributed by atoms with Gasteiger partial charge in [-0.15, -0.1) is 0 Å². The van der Waals surface area contributed by atoms with Crippen molar-refractivity contribution in [3.05, 3.63) is 46.5 Å². The van der Waals surface area contributed by atoms with Gasteiger partial charge in [0.1, 0.15) is 6.61 Å². The van der Waals surface area contributed by atoms with Gasteiger partial charge in [-0.05, 0) is 36.5 Å². The van der Waals surface area contributed by atoms with Gasteiger partial charge in [0, 0.05) is 18.6 Å². The SMILES string of the molecule is CC1CN(Cn2nc(CO)n(C3CC3)c2=S)C1c1ccccc1. The first-order valence-corrected chi connectivity index (χ1v) is 8.68. The monoisotopic (exact) mass is 330 g/mol. The Morgan fingerprint density at radius 1 is 1.26 bits per heavy atom. The van der Waals surface area contributed by atoms with Crippen LogP contribution in [-0.4, -0.2) is 30.9 Å². The van der Waals surface area contributed by atoms with E-state index in [4.69, 9.17) is 12.2 Å². The predicted molar refractivity (Wildman–Crippen MR) is 90.3 cm³/mol. The van der Waals surface area contributed by atoms with Crippen molar-refractivity contribution in [1.82, 2.24) is 19.2 Å². The van der Waals surface area contributed by atoms with E-state index in [-0.39, 0.29) is 6.61 Å². The molecule has 1 saturated carbocycles. The van der Waals surface area contributed by atoms with Crippen molar-refractivity contribution < 1.29 is 5.11 Å². The zero-order valence-electron chi connectivity index (χ0n) is 13.3. The molecule has 1 aromatic heterocycles. The third-order valence-electron chi connectivity index (χ3n) is 4.91. The Bertz CT molecular complexity index is 750. The Morgan fingerprint density at radius 2 is 2.00 bits per heavy atom. The zero-order chi connectivity index (χ0) is 16.0. The van der Waals surface area contributed by atoms with Crippen LogP contribution in [0, 0.1) is 10.7 Å². The third-order valence-corrected chi connectivity index (χ3v) is 5.31. The molecule has 122 valence electrons. The number of aliphatic hydroxyl groups is 1. The Balaban J connectivity index is 1.58. The molecular weight excluding hydrogens is 308 g/mol. The predicted octanol–water partition coefficient (Wildman–Crippen LogP) is 2.89. The summed E-state index contributed by atoms with van der Waals surface area (Å²) in [4.78, 5) is 2.40. The lowest BCUT2D eigenvalue weighted by Gasteiger charge is -2.46. The van der Waals surface area contributed by atoms with Gasteiger partial charge in [0.15, 0.2) is 10.6 Å². The van der Waals surface area contributed by atoms with Gasteiger partial charge in [-0.3, -0.25) is 9.47 Å². The molecule has 4 rings (SSSR count). The van der Waals surface area contributed by atoms with Crippen LogP contribution in [0.4, 0.5) is 0 Å². The van der Waals surface area contributed by atoms with Crippen molar-refractivity contribution in [1.29, 1.82) is 0 Å². The molecule has 5 nitrogen and oxygen atoms in total. The van der Waals surface area contributed by atoms with Crippen LogP contribution in [0.3, 0.4) is 0 Å². The van der Waals surface area contributed by atoms with Gasteiger partial charge in [-0.2, -0.15) is 5.10 Å². The van der Waals surface area contributed by atoms with Crippen molar-refractivity contribution >= 4 is 12.2 Å². The number of rotatable bonds is 5. The molecule has 2 unspecified atom stereocenters. The number of hydrogen-bond donors (Lipinski definition) is 1. The fraction of sp³-hybridized carbons (Fsp3) is 0.529. The highest BCUT2D eigenvalue weighted by molar-refractivity contribution is 7.71. The quantitative estimate of drug-likeness (QED) is 0.856. The molecule has 2 heterocycles. The lowest BCUT2D eigenvalue weighted by Crippen LogP contribution is -2.48. The summed E-state index contributed by atoms with van der Waals surface area (Å²) in [6.07, 6.45) is 2.28. The van der Waals surface area contributed by atoms with Crippen LogP contribution in [0.5, 0.6) is 0 Å². The average molecular weight is 330 g/mol. The molecule has 23 heavy (non-hydrogen) atoms. The Kier molecular flexibility index (Phi) is 3.83. The standard InChI is InChI=1S/C17H22N4OS/c1-12-9-19(16(12)13-5-3-2-4-6-13)11-20-17(23)21(14-7-8-14)15(10-22)18-20/h2-6,12,14,16,22H,7-11H2,1H3. The van der Waals surface area contributed by atoms with E-state index in [0.29, 0.717) is 30.5 Å². The molecule has 0 spiro atoms. The summed E-state index contributed by atoms with van der Waals surface area (Å²) in [6, 6.07) is 11.5. The van der Waals surface area contributed by atoms with E-state index >= 15 is 0 Å². The third kappa shape index (κ3) is 2.65. The molecule has 0 radical (unpaired) electrons. The minimum atomic E-state index is -0.0499. The van der Waals surface area contributed by atoms with Crippen molar-refractivity contribution in [2.75, 3.05) is 6.54 Å². The number of aliphatic hydroxyl groups excluding tert-OH is 1. The van der Waals surface area contributed by atoms with Crippen molar-refractivity contribution in [3.8, 4) is 0 Å². The van der Waals surface area contributed by atoms with Gasteiger partial charge in [-0.1, -0.05) is 37.3 Å². The highest BCUT2D eigenvalue weighted by Gasteiger charge is 2.37. The van der Waals surface area contributed by atoms with Gasteiger partial charge in [0.2, 0.25) is 0 Å². The normalized spacial score (nSPS) is 24.6. The van der Waals surface area contributed by atoms with Crippen LogP contribution >= 0.6 is 12.2 Å². The highest BCUT2D eigenvalue weighted by Crippen LogP contribution is 2.39. The first-order chi connectivity index (χ1) is 11.2. The lowest BCUT2D eigenvalue weighted by atomic mass is 9.85. The molecular formula is C17H22N4OS. The topological polar surface area (TPSA) is 46.2 Å². The van der Waals surface area contributed by atoms with Crippen LogP contribution in [0.2, 0.25) is 0 Å². The maximum atomic E-state index is 9.55. The molecule has 2 aromatic rings. The van der Waals surface area contributed by atoms with E-state index in [2.05, 4.69) is 47.3 Å². The van der Waals surface area contributed by atoms with Crippen molar-refractivity contribution in [3.63, 3.8) is 0 Å². The molecule has 1 aromatic carbocycles. The first-order valence-electron chi connectivity index (χ1n) is 8.27. The Hall–Kier alpha value is -1.50. The zero-order valence-corrected chi connectivity index (χ0v) is 14.1. The smallest absolute Gasteiger partial charge is 0.199 e. The summed E-state index contributed by atoms with van der Waals surface area (Å²) < 4.78 is 4.65. The van der Waals surface area contributed by atoms with Crippen molar-refractivity contribution in [2.24, 2.45) is 5.92 Å². The van der Waals surface area contributed by atoms with Crippen LogP contribution in [0.15, 0.2) is 30.3 Å². The van der Waals surface area contributed by atoms with E-state index in [1.807, 2.05) is 9.25 Å². The number of hydrogen-bond acceptors (Lipinski definition) is 4. The number of nitrogens with zero attached hydrogens (tertiary/aromatic N) is 4. The number of benzene rings is 1.